The van der Waals surface area contributed by atoms with Gasteiger partial charge in [-0.25, -0.2) is 0 Å². The van der Waals surface area contributed by atoms with Gasteiger partial charge in [0.2, 0.25) is 0 Å². The van der Waals surface area contributed by atoms with Crippen molar-refractivity contribution in [3.8, 4) is 0 Å². The fourth-order valence-corrected chi connectivity index (χ4v) is 2.78. The Labute approximate surface area is 107 Å². The summed E-state index contributed by atoms with van der Waals surface area (Å²) in [4.78, 5) is 2.54. The van der Waals surface area contributed by atoms with Crippen molar-refractivity contribution in [3.63, 3.8) is 0 Å². The minimum atomic E-state index is 0.282. The zero-order valence-electron chi connectivity index (χ0n) is 12.0. The van der Waals surface area contributed by atoms with Gasteiger partial charge >= 0.3 is 0 Å². The van der Waals surface area contributed by atoms with Crippen molar-refractivity contribution in [3.05, 3.63) is 0 Å². The first-order valence-electron chi connectivity index (χ1n) is 6.98. The highest BCUT2D eigenvalue weighted by Gasteiger charge is 2.29. The Kier molecular flexibility index (Phi) is 5.90. The van der Waals surface area contributed by atoms with Crippen LogP contribution in [-0.2, 0) is 0 Å². The van der Waals surface area contributed by atoms with Gasteiger partial charge in [-0.15, -0.1) is 0 Å². The van der Waals surface area contributed by atoms with E-state index in [0.29, 0.717) is 11.5 Å². The number of likely N-dealkylation sites (tertiary alicyclic amines) is 1. The second-order valence-corrected chi connectivity index (χ2v) is 6.44. The van der Waals surface area contributed by atoms with E-state index in [2.05, 4.69) is 31.0 Å². The van der Waals surface area contributed by atoms with Gasteiger partial charge in [0, 0.05) is 19.2 Å². The summed E-state index contributed by atoms with van der Waals surface area (Å²) in [6, 6.07) is 0.436. The molecule has 3 nitrogen and oxygen atoms in total. The van der Waals surface area contributed by atoms with Crippen LogP contribution in [0.15, 0.2) is 0 Å². The molecule has 1 atom stereocenters. The standard InChI is InChI=1S/C14H30N2O/c1-14(2,3)12-5-8-16(9-6-12)11-13(15-4)7-10-17/h12-13,15,17H,5-11H2,1-4H3. The molecule has 0 aromatic carbocycles. The lowest BCUT2D eigenvalue weighted by Crippen LogP contribution is -2.45. The maximum atomic E-state index is 8.99. The smallest absolute Gasteiger partial charge is 0.0446 e. The SMILES string of the molecule is CNC(CCO)CN1CCC(C(C)(C)C)CC1. The minimum Gasteiger partial charge on any atom is -0.396 e. The molecule has 0 aromatic heterocycles. The van der Waals surface area contributed by atoms with Crippen LogP contribution in [-0.4, -0.2) is 49.3 Å². The number of aliphatic hydroxyl groups is 1. The lowest BCUT2D eigenvalue weighted by molar-refractivity contribution is 0.102. The van der Waals surface area contributed by atoms with Gasteiger partial charge in [-0.1, -0.05) is 20.8 Å². The van der Waals surface area contributed by atoms with Crippen LogP contribution in [0.5, 0.6) is 0 Å². The van der Waals surface area contributed by atoms with Crippen LogP contribution < -0.4 is 5.32 Å². The average molecular weight is 242 g/mol. The summed E-state index contributed by atoms with van der Waals surface area (Å²) in [5.41, 5.74) is 0.458. The number of hydrogen-bond donors (Lipinski definition) is 2. The first kappa shape index (κ1) is 14.9. The fourth-order valence-electron chi connectivity index (χ4n) is 2.78. The van der Waals surface area contributed by atoms with Gasteiger partial charge in [-0.3, -0.25) is 0 Å². The van der Waals surface area contributed by atoms with Crippen LogP contribution in [0.2, 0.25) is 0 Å². The second kappa shape index (κ2) is 6.72. The van der Waals surface area contributed by atoms with Gasteiger partial charge in [0.15, 0.2) is 0 Å². The van der Waals surface area contributed by atoms with Crippen molar-refractivity contribution in [2.75, 3.05) is 33.3 Å². The van der Waals surface area contributed by atoms with E-state index < -0.39 is 0 Å². The summed E-state index contributed by atoms with van der Waals surface area (Å²) >= 11 is 0. The van der Waals surface area contributed by atoms with E-state index in [1.807, 2.05) is 7.05 Å². The molecule has 1 unspecified atom stereocenters. The quantitative estimate of drug-likeness (QED) is 0.770. The number of likely N-dealkylation sites (N-methyl/N-ethyl adjacent to an activating group) is 1. The van der Waals surface area contributed by atoms with Crippen molar-refractivity contribution in [1.29, 1.82) is 0 Å². The minimum absolute atomic E-state index is 0.282. The highest BCUT2D eigenvalue weighted by Crippen LogP contribution is 2.34. The monoisotopic (exact) mass is 242 g/mol. The van der Waals surface area contributed by atoms with Crippen molar-refractivity contribution < 1.29 is 5.11 Å². The Hall–Kier alpha value is -0.120. The molecule has 0 aromatic rings. The highest BCUT2D eigenvalue weighted by molar-refractivity contribution is 4.82. The van der Waals surface area contributed by atoms with Crippen molar-refractivity contribution >= 4 is 0 Å². The second-order valence-electron chi connectivity index (χ2n) is 6.44. The first-order chi connectivity index (χ1) is 7.97. The van der Waals surface area contributed by atoms with E-state index in [1.165, 1.54) is 25.9 Å². The van der Waals surface area contributed by atoms with Gasteiger partial charge in [-0.05, 0) is 50.7 Å². The van der Waals surface area contributed by atoms with E-state index in [1.54, 1.807) is 0 Å². The molecule has 0 bridgehead atoms. The van der Waals surface area contributed by atoms with E-state index in [9.17, 15) is 0 Å². The topological polar surface area (TPSA) is 35.5 Å². The number of rotatable bonds is 5. The van der Waals surface area contributed by atoms with E-state index >= 15 is 0 Å². The maximum absolute atomic E-state index is 8.99. The molecule has 0 saturated carbocycles. The summed E-state index contributed by atoms with van der Waals surface area (Å²) in [5.74, 6) is 0.865. The lowest BCUT2D eigenvalue weighted by Gasteiger charge is -2.39. The third-order valence-electron chi connectivity index (χ3n) is 4.18. The summed E-state index contributed by atoms with van der Waals surface area (Å²) in [6.07, 6.45) is 3.49. The van der Waals surface area contributed by atoms with Gasteiger partial charge < -0.3 is 15.3 Å². The summed E-state index contributed by atoms with van der Waals surface area (Å²) in [5, 5.41) is 12.3. The molecule has 102 valence electrons. The predicted molar refractivity (Wildman–Crippen MR) is 73.2 cm³/mol. The number of aliphatic hydroxyl groups excluding tert-OH is 1. The Morgan fingerprint density at radius 1 is 1.29 bits per heavy atom. The van der Waals surface area contributed by atoms with Crippen LogP contribution >= 0.6 is 0 Å². The lowest BCUT2D eigenvalue weighted by atomic mass is 9.75. The van der Waals surface area contributed by atoms with Crippen molar-refractivity contribution in [2.24, 2.45) is 11.3 Å². The molecule has 1 heterocycles. The van der Waals surface area contributed by atoms with E-state index in [-0.39, 0.29) is 6.61 Å². The van der Waals surface area contributed by atoms with Gasteiger partial charge in [0.05, 0.1) is 0 Å². The predicted octanol–water partition coefficient (Wildman–Crippen LogP) is 1.71. The Balaban J connectivity index is 2.31. The maximum Gasteiger partial charge on any atom is 0.0446 e. The molecular weight excluding hydrogens is 212 g/mol. The summed E-state index contributed by atoms with van der Waals surface area (Å²) in [6.45, 7) is 10.9. The zero-order chi connectivity index (χ0) is 12.9. The van der Waals surface area contributed by atoms with Crippen molar-refractivity contribution in [1.82, 2.24) is 10.2 Å². The Morgan fingerprint density at radius 2 is 1.88 bits per heavy atom. The molecule has 1 rings (SSSR count). The third kappa shape index (κ3) is 4.94. The molecule has 1 aliphatic heterocycles. The number of nitrogens with one attached hydrogen (secondary N) is 1. The van der Waals surface area contributed by atoms with E-state index in [4.69, 9.17) is 5.11 Å². The van der Waals surface area contributed by atoms with Crippen molar-refractivity contribution in [2.45, 2.75) is 46.1 Å². The fraction of sp³-hybridized carbons (Fsp3) is 1.00. The molecule has 0 amide bonds. The zero-order valence-corrected chi connectivity index (χ0v) is 12.0. The molecule has 1 fully saturated rings. The molecule has 0 aliphatic carbocycles. The molecular formula is C14H30N2O. The van der Waals surface area contributed by atoms with Gasteiger partial charge in [0.1, 0.15) is 0 Å². The molecule has 3 heteroatoms. The molecule has 0 radical (unpaired) electrons. The Morgan fingerprint density at radius 3 is 2.29 bits per heavy atom. The van der Waals surface area contributed by atoms with Crippen LogP contribution in [0, 0.1) is 11.3 Å². The Bertz CT molecular complexity index is 205. The normalized spacial score (nSPS) is 21.7. The van der Waals surface area contributed by atoms with Crippen LogP contribution in [0.3, 0.4) is 0 Å². The molecule has 1 saturated heterocycles. The first-order valence-corrected chi connectivity index (χ1v) is 6.98. The van der Waals surface area contributed by atoms with Gasteiger partial charge in [-0.2, -0.15) is 0 Å². The molecule has 1 aliphatic rings. The average Bonchev–Trinajstić information content (AvgIpc) is 2.28. The van der Waals surface area contributed by atoms with Crippen LogP contribution in [0.1, 0.15) is 40.0 Å². The number of hydrogen-bond acceptors (Lipinski definition) is 3. The van der Waals surface area contributed by atoms with Crippen LogP contribution in [0.25, 0.3) is 0 Å². The molecule has 2 N–H and O–H groups in total. The van der Waals surface area contributed by atoms with Gasteiger partial charge in [0.25, 0.3) is 0 Å². The highest BCUT2D eigenvalue weighted by atomic mass is 16.3. The van der Waals surface area contributed by atoms with E-state index in [0.717, 1.165) is 18.9 Å². The number of piperidine rings is 1. The summed E-state index contributed by atoms with van der Waals surface area (Å²) in [7, 11) is 1.99. The largest absolute Gasteiger partial charge is 0.396 e. The number of nitrogens with zero attached hydrogens (tertiary/aromatic N) is 1. The molecule has 0 spiro atoms. The third-order valence-corrected chi connectivity index (χ3v) is 4.18. The summed E-state index contributed by atoms with van der Waals surface area (Å²) < 4.78 is 0. The van der Waals surface area contributed by atoms with Crippen LogP contribution in [0.4, 0.5) is 0 Å². The molecule has 17 heavy (non-hydrogen) atoms.